The van der Waals surface area contributed by atoms with Gasteiger partial charge < -0.3 is 15.0 Å². The van der Waals surface area contributed by atoms with Gasteiger partial charge >= 0.3 is 0 Å². The van der Waals surface area contributed by atoms with Gasteiger partial charge in [-0.05, 0) is 73.9 Å². The molecule has 4 aromatic carbocycles. The number of rotatable bonds is 14. The molecule has 2 amide bonds. The maximum Gasteiger partial charge on any atom is 0.264 e. The Balaban J connectivity index is 1.85. The summed E-state index contributed by atoms with van der Waals surface area (Å²) >= 11 is 9.83. The Hall–Kier alpha value is -3.86. The van der Waals surface area contributed by atoms with Crippen molar-refractivity contribution in [3.8, 4) is 5.75 Å². The van der Waals surface area contributed by atoms with Gasteiger partial charge in [-0.25, -0.2) is 8.42 Å². The number of halogens is 2. The second-order valence-electron chi connectivity index (χ2n) is 11.3. The highest BCUT2D eigenvalue weighted by atomic mass is 79.9. The van der Waals surface area contributed by atoms with Crippen LogP contribution in [-0.4, -0.2) is 50.9 Å². The van der Waals surface area contributed by atoms with Crippen molar-refractivity contribution in [1.29, 1.82) is 0 Å². The van der Waals surface area contributed by atoms with E-state index in [0.29, 0.717) is 6.42 Å². The van der Waals surface area contributed by atoms with Crippen molar-refractivity contribution in [2.75, 3.05) is 18.0 Å². The van der Waals surface area contributed by atoms with Gasteiger partial charge in [-0.1, -0.05) is 94.6 Å². The molecule has 0 heterocycles. The highest BCUT2D eigenvalue weighted by Crippen LogP contribution is 2.35. The van der Waals surface area contributed by atoms with Crippen LogP contribution in [0.3, 0.4) is 0 Å². The zero-order chi connectivity index (χ0) is 34.1. The standard InChI is InChI=1S/C36H39BrClN3O5S/c1-5-26(3)39-36(43)33(21-27-9-7-6-8-10-27)40(23-28-13-15-29(37)16-14-28)35(42)24-41(32-22-30(38)17-20-34(32)46-4)47(44,45)31-18-11-25(2)12-19-31/h6-20,22,26,33H,5,21,23-24H2,1-4H3,(H,39,43)/t26-,33-/m0/s1. The molecule has 0 aliphatic carbocycles. The average molecular weight is 741 g/mol. The Kier molecular flexibility index (Phi) is 12.5. The smallest absolute Gasteiger partial charge is 0.264 e. The van der Waals surface area contributed by atoms with Gasteiger partial charge in [0.25, 0.3) is 10.0 Å². The van der Waals surface area contributed by atoms with Crippen LogP contribution in [0.1, 0.15) is 37.0 Å². The fourth-order valence-corrected chi connectivity index (χ4v) is 6.84. The van der Waals surface area contributed by atoms with Gasteiger partial charge in [0.1, 0.15) is 18.3 Å². The minimum Gasteiger partial charge on any atom is -0.495 e. The van der Waals surface area contributed by atoms with Crippen molar-refractivity contribution < 1.29 is 22.7 Å². The Labute approximate surface area is 290 Å². The molecular weight excluding hydrogens is 702 g/mol. The number of nitrogens with one attached hydrogen (secondary N) is 1. The van der Waals surface area contributed by atoms with Gasteiger partial charge in [-0.3, -0.25) is 13.9 Å². The van der Waals surface area contributed by atoms with Crippen molar-refractivity contribution in [2.45, 2.75) is 57.1 Å². The monoisotopic (exact) mass is 739 g/mol. The third-order valence-corrected chi connectivity index (χ3v) is 10.4. The predicted molar refractivity (Wildman–Crippen MR) is 190 cm³/mol. The van der Waals surface area contributed by atoms with E-state index in [1.165, 1.54) is 30.2 Å². The van der Waals surface area contributed by atoms with Gasteiger partial charge in [-0.2, -0.15) is 0 Å². The summed E-state index contributed by atoms with van der Waals surface area (Å²) < 4.78 is 36.1. The minimum atomic E-state index is -4.31. The van der Waals surface area contributed by atoms with Gasteiger partial charge in [-0.15, -0.1) is 0 Å². The maximum absolute atomic E-state index is 14.7. The van der Waals surface area contributed by atoms with E-state index in [-0.39, 0.29) is 46.3 Å². The first-order chi connectivity index (χ1) is 22.4. The zero-order valence-electron chi connectivity index (χ0n) is 26.8. The Morgan fingerprint density at radius 3 is 2.21 bits per heavy atom. The van der Waals surface area contributed by atoms with E-state index < -0.39 is 28.5 Å². The fraction of sp³-hybridized carbons (Fsp3) is 0.278. The van der Waals surface area contributed by atoms with Crippen LogP contribution in [0.5, 0.6) is 5.75 Å². The fourth-order valence-electron chi connectivity index (χ4n) is 4.99. The molecule has 248 valence electrons. The summed E-state index contributed by atoms with van der Waals surface area (Å²) in [6.07, 6.45) is 0.915. The second-order valence-corrected chi connectivity index (χ2v) is 14.5. The number of sulfonamides is 1. The molecule has 0 saturated heterocycles. The first-order valence-electron chi connectivity index (χ1n) is 15.2. The molecular formula is C36H39BrClN3O5S. The maximum atomic E-state index is 14.7. The van der Waals surface area contributed by atoms with Gasteiger partial charge in [0, 0.05) is 28.5 Å². The third kappa shape index (κ3) is 9.37. The van der Waals surface area contributed by atoms with E-state index >= 15 is 0 Å². The summed E-state index contributed by atoms with van der Waals surface area (Å²) in [5.74, 6) is -0.694. The van der Waals surface area contributed by atoms with E-state index in [9.17, 15) is 18.0 Å². The lowest BCUT2D eigenvalue weighted by Gasteiger charge is -2.34. The van der Waals surface area contributed by atoms with Crippen LogP contribution < -0.4 is 14.4 Å². The lowest BCUT2D eigenvalue weighted by molar-refractivity contribution is -0.140. The second kappa shape index (κ2) is 16.3. The number of carbonyl (C=O) groups excluding carboxylic acids is 2. The molecule has 0 aliphatic heterocycles. The van der Waals surface area contributed by atoms with Crippen molar-refractivity contribution in [3.05, 3.63) is 123 Å². The zero-order valence-corrected chi connectivity index (χ0v) is 30.0. The summed E-state index contributed by atoms with van der Waals surface area (Å²) in [6, 6.07) is 26.7. The normalized spacial score (nSPS) is 12.6. The van der Waals surface area contributed by atoms with E-state index in [4.69, 9.17) is 16.3 Å². The van der Waals surface area contributed by atoms with Crippen LogP contribution in [0.4, 0.5) is 5.69 Å². The number of ether oxygens (including phenoxy) is 1. The van der Waals surface area contributed by atoms with E-state index in [2.05, 4.69) is 21.2 Å². The average Bonchev–Trinajstić information content (AvgIpc) is 3.06. The van der Waals surface area contributed by atoms with E-state index in [1.54, 1.807) is 24.3 Å². The summed E-state index contributed by atoms with van der Waals surface area (Å²) in [5.41, 5.74) is 2.60. The summed E-state index contributed by atoms with van der Waals surface area (Å²) in [6.45, 7) is 5.16. The topological polar surface area (TPSA) is 96.0 Å². The van der Waals surface area contributed by atoms with Gasteiger partial charge in [0.05, 0.1) is 17.7 Å². The molecule has 4 rings (SSSR count). The number of nitrogens with zero attached hydrogens (tertiary/aromatic N) is 2. The van der Waals surface area contributed by atoms with Gasteiger partial charge in [0.2, 0.25) is 11.8 Å². The molecule has 0 fully saturated rings. The van der Waals surface area contributed by atoms with E-state index in [0.717, 1.165) is 25.5 Å². The van der Waals surface area contributed by atoms with Crippen molar-refractivity contribution in [3.63, 3.8) is 0 Å². The predicted octanol–water partition coefficient (Wildman–Crippen LogP) is 7.17. The number of benzene rings is 4. The first-order valence-corrected chi connectivity index (χ1v) is 17.8. The molecule has 0 saturated carbocycles. The number of aryl methyl sites for hydroxylation is 1. The Morgan fingerprint density at radius 1 is 0.936 bits per heavy atom. The van der Waals surface area contributed by atoms with Crippen LogP contribution >= 0.6 is 27.5 Å². The number of amides is 2. The third-order valence-electron chi connectivity index (χ3n) is 7.84. The Bertz CT molecular complexity index is 1770. The number of hydrogen-bond donors (Lipinski definition) is 1. The lowest BCUT2D eigenvalue weighted by Crippen LogP contribution is -2.54. The molecule has 0 aromatic heterocycles. The molecule has 0 spiro atoms. The molecule has 0 bridgehead atoms. The van der Waals surface area contributed by atoms with Crippen LogP contribution in [0.25, 0.3) is 0 Å². The van der Waals surface area contributed by atoms with Crippen LogP contribution in [0.2, 0.25) is 5.02 Å². The van der Waals surface area contributed by atoms with Crippen LogP contribution in [-0.2, 0) is 32.6 Å². The number of carbonyl (C=O) groups is 2. The van der Waals surface area contributed by atoms with Crippen LogP contribution in [0, 0.1) is 6.92 Å². The molecule has 0 radical (unpaired) electrons. The Morgan fingerprint density at radius 2 is 1.60 bits per heavy atom. The number of methoxy groups -OCH3 is 1. The van der Waals surface area contributed by atoms with Crippen molar-refractivity contribution in [1.82, 2.24) is 10.2 Å². The van der Waals surface area contributed by atoms with Crippen molar-refractivity contribution >= 4 is 55.1 Å². The minimum absolute atomic E-state index is 0.00672. The quantitative estimate of drug-likeness (QED) is 0.148. The number of anilines is 1. The SMILES string of the molecule is CC[C@H](C)NC(=O)[C@H](Cc1ccccc1)N(Cc1ccc(Br)cc1)C(=O)CN(c1cc(Cl)ccc1OC)S(=O)(=O)c1ccc(C)cc1. The lowest BCUT2D eigenvalue weighted by atomic mass is 10.0. The molecule has 0 unspecified atom stereocenters. The molecule has 1 N–H and O–H groups in total. The molecule has 47 heavy (non-hydrogen) atoms. The summed E-state index contributed by atoms with van der Waals surface area (Å²) in [5, 5.41) is 3.31. The molecule has 0 aliphatic rings. The first kappa shape index (κ1) is 36.0. The van der Waals surface area contributed by atoms with Crippen LogP contribution in [0.15, 0.2) is 106 Å². The number of hydrogen-bond acceptors (Lipinski definition) is 5. The molecule has 11 heteroatoms. The largest absolute Gasteiger partial charge is 0.495 e. The van der Waals surface area contributed by atoms with E-state index in [1.807, 2.05) is 75.4 Å². The highest BCUT2D eigenvalue weighted by Gasteiger charge is 2.36. The molecule has 4 aromatic rings. The molecule has 2 atom stereocenters. The summed E-state index contributed by atoms with van der Waals surface area (Å²) in [7, 11) is -2.90. The highest BCUT2D eigenvalue weighted by molar-refractivity contribution is 9.10. The molecule has 8 nitrogen and oxygen atoms in total. The van der Waals surface area contributed by atoms with Crippen molar-refractivity contribution in [2.24, 2.45) is 0 Å². The summed E-state index contributed by atoms with van der Waals surface area (Å²) in [4.78, 5) is 30.1. The van der Waals surface area contributed by atoms with Gasteiger partial charge in [0.15, 0.2) is 0 Å².